The van der Waals surface area contributed by atoms with Gasteiger partial charge in [-0.3, -0.25) is 4.90 Å². The molecule has 0 fully saturated rings. The molecule has 1 rings (SSSR count). The number of aliphatic hydroxyl groups is 1. The molecular formula is C18H29NOS. The minimum atomic E-state index is 0.141. The van der Waals surface area contributed by atoms with Gasteiger partial charge in [0.1, 0.15) is 0 Å². The average molecular weight is 308 g/mol. The van der Waals surface area contributed by atoms with Crippen molar-refractivity contribution >= 4 is 11.3 Å². The third kappa shape index (κ3) is 6.65. The molecule has 1 heterocycles. The Morgan fingerprint density at radius 1 is 1.24 bits per heavy atom. The Morgan fingerprint density at radius 3 is 2.52 bits per heavy atom. The molecule has 0 bridgehead atoms. The van der Waals surface area contributed by atoms with E-state index in [1.165, 1.54) is 17.7 Å². The summed E-state index contributed by atoms with van der Waals surface area (Å²) >= 11 is 1.78. The molecule has 0 aliphatic rings. The lowest BCUT2D eigenvalue weighted by Crippen LogP contribution is -2.36. The van der Waals surface area contributed by atoms with Gasteiger partial charge in [-0.15, -0.1) is 11.3 Å². The van der Waals surface area contributed by atoms with Gasteiger partial charge in [-0.1, -0.05) is 39.5 Å². The quantitative estimate of drug-likeness (QED) is 0.730. The van der Waals surface area contributed by atoms with Gasteiger partial charge >= 0.3 is 0 Å². The van der Waals surface area contributed by atoms with Crippen molar-refractivity contribution in [1.82, 2.24) is 4.90 Å². The molecule has 0 saturated carbocycles. The fraction of sp³-hybridized carbons (Fsp3) is 0.667. The summed E-state index contributed by atoms with van der Waals surface area (Å²) in [5, 5.41) is 8.76. The van der Waals surface area contributed by atoms with Crippen molar-refractivity contribution in [3.63, 3.8) is 0 Å². The number of hydrogen-bond donors (Lipinski definition) is 1. The highest BCUT2D eigenvalue weighted by molar-refractivity contribution is 7.12. The van der Waals surface area contributed by atoms with Gasteiger partial charge in [0.2, 0.25) is 0 Å². The van der Waals surface area contributed by atoms with Crippen molar-refractivity contribution in [1.29, 1.82) is 0 Å². The lowest BCUT2D eigenvalue weighted by Gasteiger charge is -2.31. The first-order valence-corrected chi connectivity index (χ1v) is 8.84. The molecule has 1 aromatic heterocycles. The molecule has 0 amide bonds. The summed E-state index contributed by atoms with van der Waals surface area (Å²) < 4.78 is 0. The van der Waals surface area contributed by atoms with Crippen LogP contribution in [0.4, 0.5) is 0 Å². The maximum Gasteiger partial charge on any atom is 0.0771 e. The summed E-state index contributed by atoms with van der Waals surface area (Å²) in [7, 11) is 0. The predicted molar refractivity (Wildman–Crippen MR) is 92.5 cm³/mol. The lowest BCUT2D eigenvalue weighted by atomic mass is 10.1. The molecule has 3 heteroatoms. The standard InChI is InChI=1S/C18H29NOS/c1-5-16(6-2)19(13-15(3)4)14-18-11-10-17(21-18)9-7-8-12-20/h10-11,15-16,20H,5-6,8,12-14H2,1-4H3. The van der Waals surface area contributed by atoms with E-state index in [1.54, 1.807) is 11.3 Å². The number of nitrogens with zero attached hydrogens (tertiary/aromatic N) is 1. The Balaban J connectivity index is 2.72. The first-order chi connectivity index (χ1) is 10.1. The van der Waals surface area contributed by atoms with Crippen LogP contribution in [-0.4, -0.2) is 29.2 Å². The normalized spacial score (nSPS) is 11.2. The summed E-state index contributed by atoms with van der Waals surface area (Å²) in [6.07, 6.45) is 2.97. The van der Waals surface area contributed by atoms with E-state index in [4.69, 9.17) is 5.11 Å². The van der Waals surface area contributed by atoms with E-state index >= 15 is 0 Å². The second-order valence-corrected chi connectivity index (χ2v) is 7.00. The van der Waals surface area contributed by atoms with E-state index in [0.717, 1.165) is 18.0 Å². The third-order valence-corrected chi connectivity index (χ3v) is 4.51. The fourth-order valence-electron chi connectivity index (χ4n) is 2.55. The van der Waals surface area contributed by atoms with Gasteiger partial charge in [0.25, 0.3) is 0 Å². The van der Waals surface area contributed by atoms with E-state index < -0.39 is 0 Å². The van der Waals surface area contributed by atoms with Crippen LogP contribution in [0.3, 0.4) is 0 Å². The van der Waals surface area contributed by atoms with Crippen LogP contribution in [0.1, 0.15) is 56.7 Å². The second kappa shape index (κ2) is 10.00. The van der Waals surface area contributed by atoms with Crippen molar-refractivity contribution in [3.8, 4) is 11.8 Å². The maximum atomic E-state index is 8.76. The maximum absolute atomic E-state index is 8.76. The van der Waals surface area contributed by atoms with Crippen molar-refractivity contribution < 1.29 is 5.11 Å². The number of aliphatic hydroxyl groups excluding tert-OH is 1. The van der Waals surface area contributed by atoms with Crippen LogP contribution in [0.25, 0.3) is 0 Å². The molecule has 2 nitrogen and oxygen atoms in total. The smallest absolute Gasteiger partial charge is 0.0771 e. The number of rotatable bonds is 8. The van der Waals surface area contributed by atoms with Gasteiger partial charge in [0, 0.05) is 30.4 Å². The summed E-state index contributed by atoms with van der Waals surface area (Å²) in [5.74, 6) is 6.81. The molecule has 1 aromatic rings. The van der Waals surface area contributed by atoms with Gasteiger partial charge in [-0.2, -0.15) is 0 Å². The molecule has 0 atom stereocenters. The topological polar surface area (TPSA) is 23.5 Å². The van der Waals surface area contributed by atoms with Crippen molar-refractivity contribution in [2.24, 2.45) is 5.92 Å². The zero-order valence-electron chi connectivity index (χ0n) is 13.9. The largest absolute Gasteiger partial charge is 0.395 e. The summed E-state index contributed by atoms with van der Waals surface area (Å²) in [6, 6.07) is 4.96. The highest BCUT2D eigenvalue weighted by atomic mass is 32.1. The van der Waals surface area contributed by atoms with Gasteiger partial charge in [-0.25, -0.2) is 0 Å². The molecule has 0 aliphatic carbocycles. The van der Waals surface area contributed by atoms with E-state index in [-0.39, 0.29) is 6.61 Å². The summed E-state index contributed by atoms with van der Waals surface area (Å²) in [4.78, 5) is 5.10. The van der Waals surface area contributed by atoms with Crippen molar-refractivity contribution in [2.75, 3.05) is 13.2 Å². The summed E-state index contributed by atoms with van der Waals surface area (Å²) in [5.41, 5.74) is 0. The molecule has 118 valence electrons. The van der Waals surface area contributed by atoms with E-state index in [9.17, 15) is 0 Å². The minimum Gasteiger partial charge on any atom is -0.395 e. The van der Waals surface area contributed by atoms with Gasteiger partial charge < -0.3 is 5.11 Å². The van der Waals surface area contributed by atoms with Crippen LogP contribution in [0, 0.1) is 17.8 Å². The van der Waals surface area contributed by atoms with Crippen LogP contribution in [0.15, 0.2) is 12.1 Å². The van der Waals surface area contributed by atoms with Crippen molar-refractivity contribution in [2.45, 2.75) is 59.5 Å². The zero-order chi connectivity index (χ0) is 15.7. The Morgan fingerprint density at radius 2 is 1.95 bits per heavy atom. The molecule has 21 heavy (non-hydrogen) atoms. The van der Waals surface area contributed by atoms with Gasteiger partial charge in [0.15, 0.2) is 0 Å². The first kappa shape index (κ1) is 18.2. The molecule has 0 aromatic carbocycles. The van der Waals surface area contributed by atoms with E-state index in [0.29, 0.717) is 18.4 Å². The Labute approximate surface area is 134 Å². The highest BCUT2D eigenvalue weighted by Gasteiger charge is 2.17. The van der Waals surface area contributed by atoms with Crippen LogP contribution in [0.5, 0.6) is 0 Å². The Bertz CT molecular complexity index is 451. The molecule has 0 radical (unpaired) electrons. The molecule has 0 spiro atoms. The van der Waals surface area contributed by atoms with Crippen LogP contribution < -0.4 is 0 Å². The fourth-order valence-corrected chi connectivity index (χ4v) is 3.46. The van der Waals surface area contributed by atoms with Crippen LogP contribution in [-0.2, 0) is 6.54 Å². The molecule has 1 N–H and O–H groups in total. The lowest BCUT2D eigenvalue weighted by molar-refractivity contribution is 0.159. The van der Waals surface area contributed by atoms with Crippen LogP contribution >= 0.6 is 11.3 Å². The molecule has 0 saturated heterocycles. The summed E-state index contributed by atoms with van der Waals surface area (Å²) in [6.45, 7) is 11.4. The molecular weight excluding hydrogens is 278 g/mol. The van der Waals surface area contributed by atoms with Crippen LogP contribution in [0.2, 0.25) is 0 Å². The highest BCUT2D eigenvalue weighted by Crippen LogP contribution is 2.21. The zero-order valence-corrected chi connectivity index (χ0v) is 14.7. The van der Waals surface area contributed by atoms with Crippen molar-refractivity contribution in [3.05, 3.63) is 21.9 Å². The Kier molecular flexibility index (Phi) is 8.68. The van der Waals surface area contributed by atoms with Gasteiger partial charge in [-0.05, 0) is 30.9 Å². The van der Waals surface area contributed by atoms with E-state index in [2.05, 4.69) is 56.6 Å². The molecule has 0 aliphatic heterocycles. The predicted octanol–water partition coefficient (Wildman–Crippen LogP) is 4.13. The SMILES string of the molecule is CCC(CC)N(Cc1ccc(C#CCCO)s1)CC(C)C. The second-order valence-electron chi connectivity index (χ2n) is 5.83. The monoisotopic (exact) mass is 307 g/mol. The average Bonchev–Trinajstić information content (AvgIpc) is 2.87. The number of thiophene rings is 1. The van der Waals surface area contributed by atoms with Gasteiger partial charge in [0.05, 0.1) is 11.5 Å². The third-order valence-electron chi connectivity index (χ3n) is 3.53. The first-order valence-electron chi connectivity index (χ1n) is 8.03. The minimum absolute atomic E-state index is 0.141. The Hall–Kier alpha value is -0.820. The molecule has 0 unspecified atom stereocenters. The van der Waals surface area contributed by atoms with E-state index in [1.807, 2.05) is 0 Å². The number of hydrogen-bond acceptors (Lipinski definition) is 3.